The number of carbonyl (C=O) groups excluding carboxylic acids is 2. The van der Waals surface area contributed by atoms with Crippen molar-refractivity contribution < 1.29 is 28.6 Å². The summed E-state index contributed by atoms with van der Waals surface area (Å²) in [5.74, 6) is -2.09. The molecule has 40 heavy (non-hydrogen) atoms. The third kappa shape index (κ3) is 12.0. The fraction of sp³-hybridized carbons (Fsp3) is 0.533. The van der Waals surface area contributed by atoms with Crippen LogP contribution >= 0.6 is 0 Å². The van der Waals surface area contributed by atoms with E-state index in [4.69, 9.17) is 0 Å². The first kappa shape index (κ1) is 33.1. The number of hydrogen-bond acceptors (Lipinski definition) is 5. The summed E-state index contributed by atoms with van der Waals surface area (Å²) in [6.07, 6.45) is 1.95. The Morgan fingerprint density at radius 2 is 1.60 bits per heavy atom. The van der Waals surface area contributed by atoms with Gasteiger partial charge in [-0.25, -0.2) is 13.6 Å². The molecule has 0 saturated heterocycles. The molecule has 0 spiro atoms. The van der Waals surface area contributed by atoms with Gasteiger partial charge in [0.1, 0.15) is 17.7 Å². The maximum atomic E-state index is 13.9. The lowest BCUT2D eigenvalue weighted by Crippen LogP contribution is -2.55. The highest BCUT2D eigenvalue weighted by Gasteiger charge is 2.28. The molecule has 0 radical (unpaired) electrons. The molecule has 0 saturated carbocycles. The van der Waals surface area contributed by atoms with Crippen LogP contribution in [-0.4, -0.2) is 60.0 Å². The molecule has 3 amide bonds. The smallest absolute Gasteiger partial charge is 0.315 e. The molecule has 10 heteroatoms. The highest BCUT2D eigenvalue weighted by Crippen LogP contribution is 2.14. The van der Waals surface area contributed by atoms with Crippen molar-refractivity contribution in [1.29, 1.82) is 0 Å². The summed E-state index contributed by atoms with van der Waals surface area (Å²) in [4.78, 5) is 25.4. The lowest BCUT2D eigenvalue weighted by Gasteiger charge is -2.28. The van der Waals surface area contributed by atoms with Crippen LogP contribution in [0.5, 0.6) is 0 Å². The zero-order chi connectivity index (χ0) is 29.5. The van der Waals surface area contributed by atoms with Gasteiger partial charge < -0.3 is 31.5 Å². The van der Waals surface area contributed by atoms with Crippen LogP contribution in [0.2, 0.25) is 0 Å². The van der Waals surface area contributed by atoms with Crippen LogP contribution in [0.4, 0.5) is 13.6 Å². The summed E-state index contributed by atoms with van der Waals surface area (Å²) in [6, 6.07) is 8.64. The number of benzene rings is 2. The predicted molar refractivity (Wildman–Crippen MR) is 152 cm³/mol. The van der Waals surface area contributed by atoms with Gasteiger partial charge in [0, 0.05) is 26.2 Å². The van der Waals surface area contributed by atoms with Gasteiger partial charge in [-0.1, -0.05) is 51.0 Å². The Bertz CT molecular complexity index is 1050. The van der Waals surface area contributed by atoms with E-state index in [0.29, 0.717) is 19.4 Å². The van der Waals surface area contributed by atoms with Gasteiger partial charge in [0.05, 0.1) is 18.2 Å². The summed E-state index contributed by atoms with van der Waals surface area (Å²) >= 11 is 0. The summed E-state index contributed by atoms with van der Waals surface area (Å²) in [6.45, 7) is 4.67. The average molecular weight is 563 g/mol. The van der Waals surface area contributed by atoms with Crippen LogP contribution in [0, 0.1) is 11.6 Å². The number of amides is 3. The number of carbonyl (C=O) groups is 2. The summed E-state index contributed by atoms with van der Waals surface area (Å²) in [5.41, 5.74) is 2.49. The van der Waals surface area contributed by atoms with Crippen molar-refractivity contribution in [1.82, 2.24) is 21.3 Å². The second-order valence-corrected chi connectivity index (χ2v) is 10.1. The molecule has 0 heterocycles. The lowest BCUT2D eigenvalue weighted by atomic mass is 9.99. The largest absolute Gasteiger partial charge is 0.393 e. The third-order valence-corrected chi connectivity index (χ3v) is 6.78. The standard InChI is InChI=1S/C30H44F2N4O4/c1-4-6-10-25(37)11-12-26(36-30(40)33-3)29(39)35-27(16-22-14-23(31)17-24(32)15-22)28(38)19-34-18-21-9-7-8-20(5-2)13-21/h7-9,13-15,17,25-28,34,37-38H,4-6,10-12,16,18-19H2,1-3H3,(H,35,39)(H2,33,36,40)/t25?,26-,27+,28+/m1/s1. The number of aliphatic hydroxyl groups excluding tert-OH is 2. The van der Waals surface area contributed by atoms with Crippen LogP contribution < -0.4 is 21.3 Å². The van der Waals surface area contributed by atoms with Crippen LogP contribution in [-0.2, 0) is 24.2 Å². The Kier molecular flexibility index (Phi) is 14.6. The van der Waals surface area contributed by atoms with Gasteiger partial charge in [0.15, 0.2) is 0 Å². The minimum atomic E-state index is -1.11. The van der Waals surface area contributed by atoms with Gasteiger partial charge in [-0.2, -0.15) is 0 Å². The number of halogens is 2. The van der Waals surface area contributed by atoms with Crippen molar-refractivity contribution in [2.24, 2.45) is 0 Å². The van der Waals surface area contributed by atoms with Crippen molar-refractivity contribution in [2.75, 3.05) is 13.6 Å². The molecule has 6 N–H and O–H groups in total. The first-order valence-corrected chi connectivity index (χ1v) is 14.0. The van der Waals surface area contributed by atoms with Crippen LogP contribution in [0.15, 0.2) is 42.5 Å². The Labute approximate surface area is 235 Å². The van der Waals surface area contributed by atoms with Crippen LogP contribution in [0.1, 0.15) is 62.6 Å². The van der Waals surface area contributed by atoms with Gasteiger partial charge in [-0.3, -0.25) is 4.79 Å². The molecule has 1 unspecified atom stereocenters. The molecule has 2 rings (SSSR count). The van der Waals surface area contributed by atoms with Crippen molar-refractivity contribution in [3.05, 3.63) is 70.8 Å². The number of aryl methyl sites for hydroxylation is 1. The molecule has 0 aliphatic carbocycles. The van der Waals surface area contributed by atoms with Gasteiger partial charge in [-0.05, 0) is 60.9 Å². The second kappa shape index (κ2) is 17.6. The molecule has 2 aromatic carbocycles. The molecule has 0 fully saturated rings. The van der Waals surface area contributed by atoms with E-state index >= 15 is 0 Å². The third-order valence-electron chi connectivity index (χ3n) is 6.78. The predicted octanol–water partition coefficient (Wildman–Crippen LogP) is 3.33. The van der Waals surface area contributed by atoms with Crippen molar-refractivity contribution in [3.8, 4) is 0 Å². The molecule has 0 aliphatic heterocycles. The molecule has 0 bridgehead atoms. The van der Waals surface area contributed by atoms with E-state index < -0.39 is 47.9 Å². The Hall–Kier alpha value is -3.08. The normalized spacial score (nSPS) is 14.2. The molecule has 222 valence electrons. The van der Waals surface area contributed by atoms with Gasteiger partial charge in [0.2, 0.25) is 5.91 Å². The quantitative estimate of drug-likeness (QED) is 0.177. The van der Waals surface area contributed by atoms with E-state index in [9.17, 15) is 28.6 Å². The van der Waals surface area contributed by atoms with E-state index in [1.165, 1.54) is 12.6 Å². The minimum Gasteiger partial charge on any atom is -0.393 e. The van der Waals surface area contributed by atoms with E-state index in [0.717, 1.165) is 43.0 Å². The molecule has 0 aliphatic rings. The van der Waals surface area contributed by atoms with E-state index in [1.807, 2.05) is 25.1 Å². The minimum absolute atomic E-state index is 0.0413. The Morgan fingerprint density at radius 1 is 0.900 bits per heavy atom. The highest BCUT2D eigenvalue weighted by atomic mass is 19.1. The maximum Gasteiger partial charge on any atom is 0.315 e. The fourth-order valence-electron chi connectivity index (χ4n) is 4.46. The van der Waals surface area contributed by atoms with Gasteiger partial charge >= 0.3 is 6.03 Å². The summed E-state index contributed by atoms with van der Waals surface area (Å²) < 4.78 is 27.8. The number of nitrogens with one attached hydrogen (secondary N) is 4. The number of rotatable bonds is 17. The first-order valence-electron chi connectivity index (χ1n) is 14.0. The molecule has 0 aromatic heterocycles. The summed E-state index contributed by atoms with van der Waals surface area (Å²) in [5, 5.41) is 32.3. The topological polar surface area (TPSA) is 123 Å². The lowest BCUT2D eigenvalue weighted by molar-refractivity contribution is -0.124. The van der Waals surface area contributed by atoms with E-state index in [-0.39, 0.29) is 24.9 Å². The van der Waals surface area contributed by atoms with Crippen molar-refractivity contribution >= 4 is 11.9 Å². The van der Waals surface area contributed by atoms with Crippen LogP contribution in [0.3, 0.4) is 0 Å². The number of aliphatic hydroxyl groups is 2. The SMILES string of the molecule is CCCCC(O)CC[C@@H](NC(=O)NC)C(=O)N[C@@H](Cc1cc(F)cc(F)c1)[C@@H](O)CNCc1cccc(CC)c1. The monoisotopic (exact) mass is 562 g/mol. The number of hydrogen-bond donors (Lipinski definition) is 6. The zero-order valence-electron chi connectivity index (χ0n) is 23.7. The van der Waals surface area contributed by atoms with Crippen molar-refractivity contribution in [2.45, 2.75) is 89.6 Å². The van der Waals surface area contributed by atoms with Gasteiger partial charge in [0.25, 0.3) is 0 Å². The Balaban J connectivity index is 2.15. The highest BCUT2D eigenvalue weighted by molar-refractivity contribution is 5.87. The molecule has 2 aromatic rings. The maximum absolute atomic E-state index is 13.9. The molecular weight excluding hydrogens is 518 g/mol. The van der Waals surface area contributed by atoms with E-state index in [2.05, 4.69) is 34.3 Å². The summed E-state index contributed by atoms with van der Waals surface area (Å²) in [7, 11) is 1.42. The van der Waals surface area contributed by atoms with Gasteiger partial charge in [-0.15, -0.1) is 0 Å². The van der Waals surface area contributed by atoms with Crippen LogP contribution in [0.25, 0.3) is 0 Å². The zero-order valence-corrected chi connectivity index (χ0v) is 23.7. The second-order valence-electron chi connectivity index (χ2n) is 10.1. The molecule has 8 nitrogen and oxygen atoms in total. The Morgan fingerprint density at radius 3 is 2.25 bits per heavy atom. The average Bonchev–Trinajstić information content (AvgIpc) is 2.92. The van der Waals surface area contributed by atoms with E-state index in [1.54, 1.807) is 0 Å². The number of urea groups is 1. The molecular formula is C30H44F2N4O4. The first-order chi connectivity index (χ1) is 19.1. The van der Waals surface area contributed by atoms with Crippen molar-refractivity contribution in [3.63, 3.8) is 0 Å². The molecule has 4 atom stereocenters. The number of unbranched alkanes of at least 4 members (excludes halogenated alkanes) is 1. The fourth-order valence-corrected chi connectivity index (χ4v) is 4.46.